The average molecular weight is 369 g/mol. The molecule has 9 heteroatoms. The molecule has 6 nitrogen and oxygen atoms in total. The molecule has 0 unspecified atom stereocenters. The second-order valence-electron chi connectivity index (χ2n) is 5.46. The van der Waals surface area contributed by atoms with Crippen LogP contribution < -0.4 is 15.0 Å². The van der Waals surface area contributed by atoms with Gasteiger partial charge in [-0.3, -0.25) is 9.78 Å². The molecule has 1 aromatic carbocycles. The van der Waals surface area contributed by atoms with E-state index < -0.39 is 12.3 Å². The molecule has 0 spiro atoms. The van der Waals surface area contributed by atoms with Gasteiger partial charge in [-0.1, -0.05) is 0 Å². The molecule has 1 amide bonds. The molecule has 2 rings (SSSR count). The summed E-state index contributed by atoms with van der Waals surface area (Å²) in [6, 6.07) is 6.48. The van der Waals surface area contributed by atoms with Gasteiger partial charge in [0.2, 0.25) is 0 Å². The number of carbonyl (C=O) groups excluding carboxylic acids is 1. The minimum absolute atomic E-state index is 0.0615. The highest BCUT2D eigenvalue weighted by molar-refractivity contribution is 6.04. The van der Waals surface area contributed by atoms with Gasteiger partial charge in [0, 0.05) is 32.1 Å². The van der Waals surface area contributed by atoms with E-state index in [-0.39, 0.29) is 12.4 Å². The van der Waals surface area contributed by atoms with Gasteiger partial charge in [-0.05, 0) is 36.8 Å². The average Bonchev–Trinajstić information content (AvgIpc) is 2.60. The van der Waals surface area contributed by atoms with Crippen molar-refractivity contribution in [3.63, 3.8) is 0 Å². The molecular weight excluding hydrogens is 351 g/mol. The quantitative estimate of drug-likeness (QED) is 0.785. The van der Waals surface area contributed by atoms with Crippen molar-refractivity contribution in [1.82, 2.24) is 4.98 Å². The molecule has 0 aliphatic carbocycles. The van der Waals surface area contributed by atoms with Crippen molar-refractivity contribution in [2.24, 2.45) is 0 Å². The summed E-state index contributed by atoms with van der Waals surface area (Å²) in [5.41, 5.74) is 1.33. The number of rotatable bonds is 7. The third-order valence-corrected chi connectivity index (χ3v) is 3.42. The Bertz CT molecular complexity index is 736. The summed E-state index contributed by atoms with van der Waals surface area (Å²) in [7, 11) is 1.81. The smallest absolute Gasteiger partial charge is 0.406 e. The number of anilines is 2. The van der Waals surface area contributed by atoms with Crippen molar-refractivity contribution in [1.29, 1.82) is 0 Å². The van der Waals surface area contributed by atoms with Crippen LogP contribution in [0.15, 0.2) is 42.7 Å². The number of nitrogens with zero attached hydrogens (tertiary/aromatic N) is 2. The van der Waals surface area contributed by atoms with E-state index in [1.807, 2.05) is 11.9 Å². The van der Waals surface area contributed by atoms with Crippen LogP contribution in [0, 0.1) is 0 Å². The maximum atomic E-state index is 12.3. The fourth-order valence-electron chi connectivity index (χ4n) is 2.14. The number of pyridine rings is 1. The number of hydrogen-bond donors (Lipinski definition) is 2. The summed E-state index contributed by atoms with van der Waals surface area (Å²) in [6.07, 6.45) is -1.20. The highest BCUT2D eigenvalue weighted by atomic mass is 19.4. The Morgan fingerprint density at radius 1 is 1.27 bits per heavy atom. The Morgan fingerprint density at radius 3 is 2.58 bits per heavy atom. The predicted octanol–water partition coefficient (Wildman–Crippen LogP) is 3.05. The Kier molecular flexibility index (Phi) is 6.40. The van der Waals surface area contributed by atoms with Gasteiger partial charge >= 0.3 is 6.36 Å². The zero-order chi connectivity index (χ0) is 19.2. The minimum Gasteiger partial charge on any atom is -0.406 e. The molecule has 0 radical (unpaired) electrons. The number of halogens is 3. The number of amides is 1. The Labute approximate surface area is 148 Å². The predicted molar refractivity (Wildman–Crippen MR) is 90.3 cm³/mol. The monoisotopic (exact) mass is 369 g/mol. The third-order valence-electron chi connectivity index (χ3n) is 3.42. The fourth-order valence-corrected chi connectivity index (χ4v) is 2.14. The van der Waals surface area contributed by atoms with E-state index in [0.29, 0.717) is 29.9 Å². The number of benzene rings is 1. The molecule has 140 valence electrons. The minimum atomic E-state index is -4.76. The molecule has 0 bridgehead atoms. The molecule has 0 aliphatic heterocycles. The van der Waals surface area contributed by atoms with Crippen LogP contribution in [0.25, 0.3) is 0 Å². The van der Waals surface area contributed by atoms with Crippen molar-refractivity contribution in [3.05, 3.63) is 48.3 Å². The topological polar surface area (TPSA) is 74.7 Å². The number of aromatic nitrogens is 1. The van der Waals surface area contributed by atoms with Crippen LogP contribution in [0.5, 0.6) is 5.75 Å². The van der Waals surface area contributed by atoms with E-state index in [4.69, 9.17) is 5.11 Å². The van der Waals surface area contributed by atoms with E-state index in [9.17, 15) is 18.0 Å². The van der Waals surface area contributed by atoms with Crippen molar-refractivity contribution in [2.75, 3.05) is 30.4 Å². The summed E-state index contributed by atoms with van der Waals surface area (Å²) < 4.78 is 40.2. The van der Waals surface area contributed by atoms with Crippen molar-refractivity contribution in [3.8, 4) is 5.75 Å². The number of aliphatic hydroxyl groups is 1. The lowest BCUT2D eigenvalue weighted by Gasteiger charge is -2.18. The van der Waals surface area contributed by atoms with Gasteiger partial charge in [-0.15, -0.1) is 13.2 Å². The van der Waals surface area contributed by atoms with Gasteiger partial charge in [0.05, 0.1) is 17.4 Å². The van der Waals surface area contributed by atoms with Gasteiger partial charge in [-0.25, -0.2) is 0 Å². The summed E-state index contributed by atoms with van der Waals surface area (Å²) in [4.78, 5) is 18.2. The maximum Gasteiger partial charge on any atom is 0.573 e. The lowest BCUT2D eigenvalue weighted by Crippen LogP contribution is -2.20. The van der Waals surface area contributed by atoms with E-state index in [0.717, 1.165) is 12.1 Å². The molecule has 1 heterocycles. The Balaban J connectivity index is 2.03. The highest BCUT2D eigenvalue weighted by Crippen LogP contribution is 2.24. The van der Waals surface area contributed by atoms with Crippen LogP contribution in [0.1, 0.15) is 16.8 Å². The molecule has 1 aromatic heterocycles. The standard InChI is InChI=1S/C17H18F3N3O3/c1-23(7-2-8-24)14-9-12(10-21-11-14)16(25)22-13-3-5-15(6-4-13)26-17(18,19)20/h3-6,9-11,24H,2,7-8H2,1H3,(H,22,25). The number of hydrogen-bond acceptors (Lipinski definition) is 5. The second kappa shape index (κ2) is 8.52. The maximum absolute atomic E-state index is 12.3. The van der Waals surface area contributed by atoms with Crippen molar-refractivity contribution in [2.45, 2.75) is 12.8 Å². The molecule has 0 aliphatic rings. The summed E-state index contributed by atoms with van der Waals surface area (Å²) in [6.45, 7) is 0.663. The Hall–Kier alpha value is -2.81. The zero-order valence-corrected chi connectivity index (χ0v) is 14.0. The largest absolute Gasteiger partial charge is 0.573 e. The first-order valence-corrected chi connectivity index (χ1v) is 7.73. The lowest BCUT2D eigenvalue weighted by molar-refractivity contribution is -0.274. The number of aliphatic hydroxyl groups excluding tert-OH is 1. The first-order valence-electron chi connectivity index (χ1n) is 7.73. The molecule has 26 heavy (non-hydrogen) atoms. The first-order chi connectivity index (χ1) is 12.3. The van der Waals surface area contributed by atoms with Gasteiger partial charge in [0.1, 0.15) is 5.75 Å². The van der Waals surface area contributed by atoms with Crippen molar-refractivity contribution >= 4 is 17.3 Å². The van der Waals surface area contributed by atoms with Crippen LogP contribution in [0.2, 0.25) is 0 Å². The molecule has 2 N–H and O–H groups in total. The third kappa shape index (κ3) is 5.92. The van der Waals surface area contributed by atoms with Gasteiger partial charge in [-0.2, -0.15) is 0 Å². The molecule has 2 aromatic rings. The second-order valence-corrected chi connectivity index (χ2v) is 5.46. The van der Waals surface area contributed by atoms with E-state index in [1.54, 1.807) is 12.3 Å². The van der Waals surface area contributed by atoms with Crippen LogP contribution in [0.3, 0.4) is 0 Å². The fraction of sp³-hybridized carbons (Fsp3) is 0.294. The van der Waals surface area contributed by atoms with E-state index in [1.165, 1.54) is 18.3 Å². The molecular formula is C17H18F3N3O3. The van der Waals surface area contributed by atoms with Gasteiger partial charge < -0.3 is 20.1 Å². The summed E-state index contributed by atoms with van der Waals surface area (Å²) >= 11 is 0. The highest BCUT2D eigenvalue weighted by Gasteiger charge is 2.30. The van der Waals surface area contributed by atoms with E-state index in [2.05, 4.69) is 15.0 Å². The van der Waals surface area contributed by atoms with Crippen LogP contribution in [0.4, 0.5) is 24.5 Å². The molecule has 0 fully saturated rings. The molecule has 0 atom stereocenters. The van der Waals surface area contributed by atoms with Crippen LogP contribution >= 0.6 is 0 Å². The number of carbonyl (C=O) groups is 1. The van der Waals surface area contributed by atoms with Crippen molar-refractivity contribution < 1.29 is 27.8 Å². The zero-order valence-electron chi connectivity index (χ0n) is 14.0. The van der Waals surface area contributed by atoms with Gasteiger partial charge in [0.25, 0.3) is 5.91 Å². The lowest BCUT2D eigenvalue weighted by atomic mass is 10.2. The number of ether oxygens (including phenoxy) is 1. The SMILES string of the molecule is CN(CCCO)c1cncc(C(=O)Nc2ccc(OC(F)(F)F)cc2)c1. The number of alkyl halides is 3. The Morgan fingerprint density at radius 2 is 1.96 bits per heavy atom. The van der Waals surface area contributed by atoms with Gasteiger partial charge in [0.15, 0.2) is 0 Å². The molecule has 0 saturated heterocycles. The van der Waals surface area contributed by atoms with E-state index >= 15 is 0 Å². The molecule has 0 saturated carbocycles. The summed E-state index contributed by atoms with van der Waals surface area (Å²) in [5, 5.41) is 11.5. The van der Waals surface area contributed by atoms with Crippen LogP contribution in [-0.2, 0) is 0 Å². The van der Waals surface area contributed by atoms with Crippen LogP contribution in [-0.4, -0.2) is 42.6 Å². The number of nitrogens with one attached hydrogen (secondary N) is 1. The normalized spacial score (nSPS) is 11.1. The first kappa shape index (κ1) is 19.5. The summed E-state index contributed by atoms with van der Waals surface area (Å²) in [5.74, 6) is -0.816.